The van der Waals surface area contributed by atoms with Crippen LogP contribution in [0.15, 0.2) is 18.3 Å². The molecule has 22 heavy (non-hydrogen) atoms. The zero-order valence-corrected chi connectivity index (χ0v) is 13.3. The third kappa shape index (κ3) is 4.72. The highest BCUT2D eigenvalue weighted by molar-refractivity contribution is 5.90. The highest BCUT2D eigenvalue weighted by atomic mass is 16.2. The molecule has 120 valence electrons. The molecule has 6 heteroatoms. The van der Waals surface area contributed by atoms with Gasteiger partial charge in [0.05, 0.1) is 0 Å². The molecule has 1 saturated heterocycles. The van der Waals surface area contributed by atoms with Gasteiger partial charge in [-0.25, -0.2) is 9.78 Å². The number of urea groups is 1. The molecule has 1 aliphatic heterocycles. The number of carbonyl (C=O) groups is 2. The number of amides is 3. The molecule has 3 amide bonds. The fourth-order valence-electron chi connectivity index (χ4n) is 2.53. The number of rotatable bonds is 4. The van der Waals surface area contributed by atoms with Crippen molar-refractivity contribution in [3.05, 3.63) is 23.9 Å². The Morgan fingerprint density at radius 2 is 2.18 bits per heavy atom. The van der Waals surface area contributed by atoms with Crippen LogP contribution < -0.4 is 10.6 Å². The monoisotopic (exact) mass is 304 g/mol. The van der Waals surface area contributed by atoms with E-state index in [1.165, 1.54) is 6.42 Å². The number of anilines is 1. The van der Waals surface area contributed by atoms with Crippen molar-refractivity contribution in [2.75, 3.05) is 18.4 Å². The van der Waals surface area contributed by atoms with E-state index in [4.69, 9.17) is 0 Å². The van der Waals surface area contributed by atoms with E-state index < -0.39 is 0 Å². The Kier molecular flexibility index (Phi) is 5.75. The van der Waals surface area contributed by atoms with Gasteiger partial charge in [-0.1, -0.05) is 6.07 Å². The third-order valence-corrected chi connectivity index (χ3v) is 3.87. The summed E-state index contributed by atoms with van der Waals surface area (Å²) in [6, 6.07) is 3.86. The molecule has 0 spiro atoms. The molecule has 2 N–H and O–H groups in total. The van der Waals surface area contributed by atoms with Crippen molar-refractivity contribution in [3.63, 3.8) is 0 Å². The molecule has 0 saturated carbocycles. The van der Waals surface area contributed by atoms with Gasteiger partial charge in [0.1, 0.15) is 5.82 Å². The van der Waals surface area contributed by atoms with E-state index in [2.05, 4.69) is 22.5 Å². The van der Waals surface area contributed by atoms with Crippen LogP contribution in [-0.2, 0) is 4.79 Å². The van der Waals surface area contributed by atoms with Gasteiger partial charge in [-0.15, -0.1) is 0 Å². The molecule has 6 nitrogen and oxygen atoms in total. The summed E-state index contributed by atoms with van der Waals surface area (Å²) in [7, 11) is 0. The fraction of sp³-hybridized carbons (Fsp3) is 0.562. The number of nitrogens with one attached hydrogen (secondary N) is 2. The molecule has 2 heterocycles. The summed E-state index contributed by atoms with van der Waals surface area (Å²) in [6.45, 7) is 5.14. The van der Waals surface area contributed by atoms with E-state index in [-0.39, 0.29) is 24.4 Å². The number of carbonyl (C=O) groups excluding carboxylic acids is 2. The Morgan fingerprint density at radius 3 is 2.86 bits per heavy atom. The average Bonchev–Trinajstić information content (AvgIpc) is 2.50. The standard InChI is InChI=1S/C16H24N4O2/c1-12-6-7-14(18-11-12)19-15(21)8-9-17-16(22)20-10-4-3-5-13(20)2/h6-7,11,13H,3-5,8-10H2,1-2H3,(H,17,22)(H,18,19,21)/t13-/m1/s1. The topological polar surface area (TPSA) is 74.3 Å². The van der Waals surface area contributed by atoms with Crippen LogP contribution in [0.25, 0.3) is 0 Å². The Balaban J connectivity index is 1.70. The summed E-state index contributed by atoms with van der Waals surface area (Å²) in [5.41, 5.74) is 1.04. The second-order valence-electron chi connectivity index (χ2n) is 5.79. The maximum Gasteiger partial charge on any atom is 0.317 e. The predicted molar refractivity (Wildman–Crippen MR) is 85.6 cm³/mol. The van der Waals surface area contributed by atoms with Gasteiger partial charge in [-0.05, 0) is 44.7 Å². The van der Waals surface area contributed by atoms with Gasteiger partial charge in [-0.3, -0.25) is 4.79 Å². The number of aryl methyl sites for hydroxylation is 1. The molecule has 1 aromatic rings. The zero-order valence-electron chi connectivity index (χ0n) is 13.3. The minimum Gasteiger partial charge on any atom is -0.337 e. The largest absolute Gasteiger partial charge is 0.337 e. The quantitative estimate of drug-likeness (QED) is 0.896. The molecule has 1 fully saturated rings. The Bertz CT molecular complexity index is 515. The van der Waals surface area contributed by atoms with Gasteiger partial charge in [0.15, 0.2) is 0 Å². The van der Waals surface area contributed by atoms with Crippen molar-refractivity contribution >= 4 is 17.8 Å². The number of piperidine rings is 1. The molecular weight excluding hydrogens is 280 g/mol. The first kappa shape index (κ1) is 16.3. The lowest BCUT2D eigenvalue weighted by Gasteiger charge is -2.33. The molecule has 0 unspecified atom stereocenters. The molecule has 1 aromatic heterocycles. The summed E-state index contributed by atoms with van der Waals surface area (Å²) in [4.78, 5) is 29.8. The summed E-state index contributed by atoms with van der Waals surface area (Å²) in [5, 5.41) is 5.53. The lowest BCUT2D eigenvalue weighted by atomic mass is 10.0. The minimum absolute atomic E-state index is 0.0755. The SMILES string of the molecule is Cc1ccc(NC(=O)CCNC(=O)N2CCCC[C@H]2C)nc1. The molecule has 1 atom stereocenters. The normalized spacial score (nSPS) is 17.9. The number of aromatic nitrogens is 1. The van der Waals surface area contributed by atoms with Crippen LogP contribution in [0.4, 0.5) is 10.6 Å². The van der Waals surface area contributed by atoms with Crippen LogP contribution >= 0.6 is 0 Å². The smallest absolute Gasteiger partial charge is 0.317 e. The van der Waals surface area contributed by atoms with Gasteiger partial charge in [0.2, 0.25) is 5.91 Å². The van der Waals surface area contributed by atoms with E-state index >= 15 is 0 Å². The predicted octanol–water partition coefficient (Wildman–Crippen LogP) is 2.30. The van der Waals surface area contributed by atoms with Crippen LogP contribution in [0.3, 0.4) is 0 Å². The summed E-state index contributed by atoms with van der Waals surface area (Å²) < 4.78 is 0. The minimum atomic E-state index is -0.150. The van der Waals surface area contributed by atoms with E-state index in [1.807, 2.05) is 17.9 Å². The van der Waals surface area contributed by atoms with Crippen LogP contribution in [0, 0.1) is 6.92 Å². The van der Waals surface area contributed by atoms with Crippen LogP contribution in [-0.4, -0.2) is 41.0 Å². The van der Waals surface area contributed by atoms with Crippen molar-refractivity contribution in [3.8, 4) is 0 Å². The van der Waals surface area contributed by atoms with Gasteiger partial charge >= 0.3 is 6.03 Å². The van der Waals surface area contributed by atoms with Gasteiger partial charge in [-0.2, -0.15) is 0 Å². The molecule has 0 aromatic carbocycles. The molecular formula is C16H24N4O2. The number of hydrogen-bond donors (Lipinski definition) is 2. The summed E-state index contributed by atoms with van der Waals surface area (Å²) >= 11 is 0. The van der Waals surface area contributed by atoms with Gasteiger partial charge in [0, 0.05) is 31.7 Å². The molecule has 1 aliphatic rings. The molecule has 2 rings (SSSR count). The lowest BCUT2D eigenvalue weighted by molar-refractivity contribution is -0.116. The highest BCUT2D eigenvalue weighted by Gasteiger charge is 2.22. The highest BCUT2D eigenvalue weighted by Crippen LogP contribution is 2.16. The number of pyridine rings is 1. The summed E-state index contributed by atoms with van der Waals surface area (Å²) in [5.74, 6) is 0.384. The van der Waals surface area contributed by atoms with E-state index in [0.29, 0.717) is 12.4 Å². The van der Waals surface area contributed by atoms with Crippen molar-refractivity contribution in [2.24, 2.45) is 0 Å². The second-order valence-corrected chi connectivity index (χ2v) is 5.79. The van der Waals surface area contributed by atoms with Crippen LogP contribution in [0.1, 0.15) is 38.2 Å². The van der Waals surface area contributed by atoms with E-state index in [9.17, 15) is 9.59 Å². The molecule has 0 bridgehead atoms. The fourth-order valence-corrected chi connectivity index (χ4v) is 2.53. The van der Waals surface area contributed by atoms with Crippen molar-refractivity contribution in [1.82, 2.24) is 15.2 Å². The van der Waals surface area contributed by atoms with Crippen LogP contribution in [0.5, 0.6) is 0 Å². The first-order chi connectivity index (χ1) is 10.6. The summed E-state index contributed by atoms with van der Waals surface area (Å²) in [6.07, 6.45) is 5.22. The van der Waals surface area contributed by atoms with Crippen molar-refractivity contribution in [1.29, 1.82) is 0 Å². The first-order valence-electron chi connectivity index (χ1n) is 7.83. The Hall–Kier alpha value is -2.11. The molecule has 0 radical (unpaired) electrons. The molecule has 0 aliphatic carbocycles. The second kappa shape index (κ2) is 7.77. The van der Waals surface area contributed by atoms with Crippen molar-refractivity contribution < 1.29 is 9.59 Å². The van der Waals surface area contributed by atoms with Crippen LogP contribution in [0.2, 0.25) is 0 Å². The first-order valence-corrected chi connectivity index (χ1v) is 7.83. The Labute approximate surface area is 131 Å². The number of likely N-dealkylation sites (tertiary alicyclic amines) is 1. The van der Waals surface area contributed by atoms with Gasteiger partial charge in [0.25, 0.3) is 0 Å². The number of hydrogen-bond acceptors (Lipinski definition) is 3. The van der Waals surface area contributed by atoms with E-state index in [1.54, 1.807) is 12.3 Å². The Morgan fingerprint density at radius 1 is 1.36 bits per heavy atom. The number of nitrogens with zero attached hydrogens (tertiary/aromatic N) is 2. The van der Waals surface area contributed by atoms with Gasteiger partial charge < -0.3 is 15.5 Å². The lowest BCUT2D eigenvalue weighted by Crippen LogP contribution is -2.47. The maximum absolute atomic E-state index is 12.1. The zero-order chi connectivity index (χ0) is 15.9. The third-order valence-electron chi connectivity index (χ3n) is 3.87. The average molecular weight is 304 g/mol. The maximum atomic E-state index is 12.1. The van der Waals surface area contributed by atoms with Crippen molar-refractivity contribution in [2.45, 2.75) is 45.6 Å². The van der Waals surface area contributed by atoms with E-state index in [0.717, 1.165) is 24.9 Å².